The standard InChI is InChI=1S/C26H22N4O3S/c31-24(16-11-19-7-3-1-4-8-19)27-20-12-14-22(15-13-20)34-18-25(32)28-23-17-26(33)30(29-23)21-9-5-2-6-10-21/h1-16H,17-18H2,(H,27,31)(H,28,29,32)/b16-11+. The van der Waals surface area contributed by atoms with Crippen LogP contribution in [0.3, 0.4) is 0 Å². The first-order valence-corrected chi connectivity index (χ1v) is 11.6. The van der Waals surface area contributed by atoms with E-state index in [0.29, 0.717) is 17.2 Å². The van der Waals surface area contributed by atoms with Crippen molar-refractivity contribution in [3.63, 3.8) is 0 Å². The Morgan fingerprint density at radius 3 is 2.29 bits per heavy atom. The van der Waals surface area contributed by atoms with Crippen LogP contribution in [-0.4, -0.2) is 29.3 Å². The van der Waals surface area contributed by atoms with Gasteiger partial charge >= 0.3 is 0 Å². The summed E-state index contributed by atoms with van der Waals surface area (Å²) in [5.41, 5.74) is 2.27. The van der Waals surface area contributed by atoms with E-state index < -0.39 is 0 Å². The zero-order chi connectivity index (χ0) is 23.8. The fraction of sp³-hybridized carbons (Fsp3) is 0.0769. The van der Waals surface area contributed by atoms with Crippen molar-refractivity contribution < 1.29 is 14.4 Å². The van der Waals surface area contributed by atoms with Gasteiger partial charge < -0.3 is 10.6 Å². The molecule has 3 aromatic rings. The van der Waals surface area contributed by atoms with E-state index in [1.807, 2.05) is 60.7 Å². The lowest BCUT2D eigenvalue weighted by Crippen LogP contribution is -2.31. The van der Waals surface area contributed by atoms with Crippen molar-refractivity contribution in [3.05, 3.63) is 96.6 Å². The van der Waals surface area contributed by atoms with E-state index >= 15 is 0 Å². The molecule has 0 fully saturated rings. The Kier molecular flexibility index (Phi) is 7.52. The summed E-state index contributed by atoms with van der Waals surface area (Å²) in [5.74, 6) is -0.147. The highest BCUT2D eigenvalue weighted by atomic mass is 32.2. The van der Waals surface area contributed by atoms with Gasteiger partial charge in [-0.1, -0.05) is 48.5 Å². The molecule has 0 saturated carbocycles. The van der Waals surface area contributed by atoms with Crippen LogP contribution in [0, 0.1) is 0 Å². The van der Waals surface area contributed by atoms with Crippen molar-refractivity contribution in [1.29, 1.82) is 0 Å². The molecule has 0 unspecified atom stereocenters. The van der Waals surface area contributed by atoms with Crippen molar-refractivity contribution in [3.8, 4) is 0 Å². The lowest BCUT2D eigenvalue weighted by atomic mass is 10.2. The Balaban J connectivity index is 1.24. The Morgan fingerprint density at radius 1 is 0.912 bits per heavy atom. The molecule has 0 radical (unpaired) electrons. The first-order valence-electron chi connectivity index (χ1n) is 10.6. The highest BCUT2D eigenvalue weighted by Crippen LogP contribution is 2.21. The number of rotatable bonds is 7. The third-order valence-corrected chi connectivity index (χ3v) is 5.79. The molecule has 0 aliphatic carbocycles. The summed E-state index contributed by atoms with van der Waals surface area (Å²) < 4.78 is 0. The summed E-state index contributed by atoms with van der Waals surface area (Å²) in [4.78, 5) is 37.5. The zero-order valence-corrected chi connectivity index (χ0v) is 19.0. The van der Waals surface area contributed by atoms with E-state index in [-0.39, 0.29) is 29.9 Å². The average Bonchev–Trinajstić information content (AvgIpc) is 3.23. The molecule has 7 nitrogen and oxygen atoms in total. The molecule has 0 atom stereocenters. The van der Waals surface area contributed by atoms with Gasteiger partial charge in [0, 0.05) is 16.7 Å². The van der Waals surface area contributed by atoms with Crippen LogP contribution in [0.15, 0.2) is 101 Å². The van der Waals surface area contributed by atoms with Gasteiger partial charge in [0.05, 0.1) is 17.9 Å². The number of hydrogen-bond acceptors (Lipinski definition) is 5. The Labute approximate surface area is 201 Å². The number of carbonyl (C=O) groups is 3. The van der Waals surface area contributed by atoms with Crippen molar-refractivity contribution in [2.75, 3.05) is 16.1 Å². The van der Waals surface area contributed by atoms with E-state index in [4.69, 9.17) is 0 Å². The first kappa shape index (κ1) is 23.0. The predicted molar refractivity (Wildman–Crippen MR) is 135 cm³/mol. The topological polar surface area (TPSA) is 90.9 Å². The molecule has 8 heteroatoms. The van der Waals surface area contributed by atoms with Crippen molar-refractivity contribution in [2.24, 2.45) is 5.10 Å². The quantitative estimate of drug-likeness (QED) is 0.398. The van der Waals surface area contributed by atoms with E-state index in [1.165, 1.54) is 22.8 Å². The molecule has 3 aromatic carbocycles. The summed E-state index contributed by atoms with van der Waals surface area (Å²) in [7, 11) is 0. The predicted octanol–water partition coefficient (Wildman–Crippen LogP) is 4.30. The molecular weight excluding hydrogens is 448 g/mol. The minimum atomic E-state index is -0.241. The largest absolute Gasteiger partial charge is 0.323 e. The molecule has 1 heterocycles. The number of nitrogens with one attached hydrogen (secondary N) is 2. The van der Waals surface area contributed by atoms with Crippen LogP contribution in [0.4, 0.5) is 11.4 Å². The summed E-state index contributed by atoms with van der Waals surface area (Å²) in [6.45, 7) is 0. The number of para-hydroxylation sites is 1. The number of thioether (sulfide) groups is 1. The van der Waals surface area contributed by atoms with Crippen LogP contribution >= 0.6 is 11.8 Å². The molecule has 0 aromatic heterocycles. The number of nitrogens with zero attached hydrogens (tertiary/aromatic N) is 2. The highest BCUT2D eigenvalue weighted by molar-refractivity contribution is 8.00. The maximum absolute atomic E-state index is 12.3. The van der Waals surface area contributed by atoms with Gasteiger partial charge in [-0.05, 0) is 48.0 Å². The van der Waals surface area contributed by atoms with Crippen LogP contribution < -0.4 is 15.6 Å². The summed E-state index contributed by atoms with van der Waals surface area (Å²) in [6.07, 6.45) is 3.29. The van der Waals surface area contributed by atoms with Crippen molar-refractivity contribution >= 4 is 52.8 Å². The molecule has 2 N–H and O–H groups in total. The van der Waals surface area contributed by atoms with Crippen molar-refractivity contribution in [2.45, 2.75) is 11.3 Å². The number of hydrogen-bond donors (Lipinski definition) is 2. The Morgan fingerprint density at radius 2 is 1.59 bits per heavy atom. The number of amidine groups is 1. The van der Waals surface area contributed by atoms with Crippen LogP contribution in [0.1, 0.15) is 12.0 Å². The molecular formula is C26H22N4O3S. The SMILES string of the molecule is O=C(/C=C/c1ccccc1)Nc1ccc(SCC(=O)NC2=NN(c3ccccc3)C(=O)C2)cc1. The maximum Gasteiger partial charge on any atom is 0.255 e. The van der Waals surface area contributed by atoms with Gasteiger partial charge in [0.2, 0.25) is 11.8 Å². The fourth-order valence-electron chi connectivity index (χ4n) is 3.17. The summed E-state index contributed by atoms with van der Waals surface area (Å²) >= 11 is 1.35. The zero-order valence-electron chi connectivity index (χ0n) is 18.2. The van der Waals surface area contributed by atoms with Crippen LogP contribution in [0.25, 0.3) is 6.08 Å². The van der Waals surface area contributed by atoms with Gasteiger partial charge in [0.15, 0.2) is 0 Å². The lowest BCUT2D eigenvalue weighted by Gasteiger charge is -2.10. The fourth-order valence-corrected chi connectivity index (χ4v) is 3.87. The molecule has 0 saturated heterocycles. The average molecular weight is 471 g/mol. The third kappa shape index (κ3) is 6.43. The number of carbonyl (C=O) groups excluding carboxylic acids is 3. The molecule has 1 aliphatic rings. The van der Waals surface area contributed by atoms with Crippen molar-refractivity contribution in [1.82, 2.24) is 5.32 Å². The molecule has 0 bridgehead atoms. The van der Waals surface area contributed by atoms with E-state index in [2.05, 4.69) is 15.7 Å². The second-order valence-corrected chi connectivity index (χ2v) is 8.41. The molecule has 3 amide bonds. The van der Waals surface area contributed by atoms with E-state index in [1.54, 1.807) is 30.3 Å². The monoisotopic (exact) mass is 470 g/mol. The van der Waals surface area contributed by atoms with Gasteiger partial charge in [0.25, 0.3) is 5.91 Å². The van der Waals surface area contributed by atoms with Crippen LogP contribution in [0.2, 0.25) is 0 Å². The van der Waals surface area contributed by atoms with Crippen LogP contribution in [0.5, 0.6) is 0 Å². The third-order valence-electron chi connectivity index (χ3n) is 4.78. The minimum Gasteiger partial charge on any atom is -0.323 e. The second kappa shape index (κ2) is 11.1. The van der Waals surface area contributed by atoms with Gasteiger partial charge in [-0.25, -0.2) is 0 Å². The second-order valence-electron chi connectivity index (χ2n) is 7.36. The number of benzene rings is 3. The first-order chi connectivity index (χ1) is 16.6. The Bertz CT molecular complexity index is 1230. The van der Waals surface area contributed by atoms with Crippen LogP contribution in [-0.2, 0) is 14.4 Å². The lowest BCUT2D eigenvalue weighted by molar-refractivity contribution is -0.117. The van der Waals surface area contributed by atoms with Gasteiger partial charge in [-0.3, -0.25) is 14.4 Å². The number of anilines is 2. The number of amides is 3. The Hall–Kier alpha value is -4.17. The summed E-state index contributed by atoms with van der Waals surface area (Å²) in [5, 5.41) is 11.0. The molecule has 0 spiro atoms. The molecule has 1 aliphatic heterocycles. The molecule has 170 valence electrons. The summed E-state index contributed by atoms with van der Waals surface area (Å²) in [6, 6.07) is 25.9. The minimum absolute atomic E-state index is 0.0540. The normalized spacial score (nSPS) is 13.1. The van der Waals surface area contributed by atoms with E-state index in [9.17, 15) is 14.4 Å². The molecule has 34 heavy (non-hydrogen) atoms. The van der Waals surface area contributed by atoms with E-state index in [0.717, 1.165) is 10.5 Å². The van der Waals surface area contributed by atoms with Gasteiger partial charge in [-0.2, -0.15) is 10.1 Å². The highest BCUT2D eigenvalue weighted by Gasteiger charge is 2.26. The van der Waals surface area contributed by atoms with Gasteiger partial charge in [0.1, 0.15) is 5.84 Å². The molecule has 4 rings (SSSR count). The van der Waals surface area contributed by atoms with Gasteiger partial charge in [-0.15, -0.1) is 11.8 Å². The maximum atomic E-state index is 12.3. The number of hydrazone groups is 1. The smallest absolute Gasteiger partial charge is 0.255 e.